The van der Waals surface area contributed by atoms with Gasteiger partial charge in [-0.25, -0.2) is 43.1 Å². The lowest BCUT2D eigenvalue weighted by atomic mass is 10.1. The van der Waals surface area contributed by atoms with Gasteiger partial charge in [-0.2, -0.15) is 8.61 Å². The highest BCUT2D eigenvalue weighted by molar-refractivity contribution is 7.90. The van der Waals surface area contributed by atoms with E-state index in [2.05, 4.69) is 9.44 Å². The first kappa shape index (κ1) is 51.2. The Morgan fingerprint density at radius 1 is 0.339 bits per heavy atom. The van der Waals surface area contributed by atoms with Crippen molar-refractivity contribution in [3.63, 3.8) is 0 Å². The highest BCUT2D eigenvalue weighted by Crippen LogP contribution is 2.29. The van der Waals surface area contributed by atoms with Crippen molar-refractivity contribution < 1.29 is 33.7 Å². The molecular formula is C46H66N4O8S4. The summed E-state index contributed by atoms with van der Waals surface area (Å²) in [6.07, 6.45) is 0.979. The zero-order valence-corrected chi connectivity index (χ0v) is 41.7. The molecular weight excluding hydrogens is 865 g/mol. The minimum atomic E-state index is -4.06. The molecule has 0 aromatic heterocycles. The van der Waals surface area contributed by atoms with Gasteiger partial charge in [-0.1, -0.05) is 70.8 Å². The Kier molecular flexibility index (Phi) is 17.0. The maximum Gasteiger partial charge on any atom is 0.243 e. The maximum atomic E-state index is 14.4. The molecule has 0 heterocycles. The standard InChI is InChI=1S/C46H66N4O8S4/c1-31-23-35(5)43(36(6)24-31)59(51,52)47-17-15-21-49(61(55,56)45-39(9)27-33(3)28-40(45)10)19-13-14-20-50(62(57,58)46-41(11)29-34(4)30-42(46)12)22-16-18-48-60(53,54)44-37(7)25-32(2)26-38(44)8/h23-30,47-48H,13-22H2,1-12H3. The van der Waals surface area contributed by atoms with E-state index in [4.69, 9.17) is 0 Å². The number of sulfonamides is 4. The van der Waals surface area contributed by atoms with Crippen LogP contribution in [0.15, 0.2) is 68.1 Å². The highest BCUT2D eigenvalue weighted by atomic mass is 32.2. The topological polar surface area (TPSA) is 167 Å². The van der Waals surface area contributed by atoms with E-state index < -0.39 is 40.1 Å². The van der Waals surface area contributed by atoms with Crippen LogP contribution in [0.1, 0.15) is 92.4 Å². The SMILES string of the molecule is Cc1cc(C)c(S(=O)(=O)NCCCN(CCCCN(CCCNS(=O)(=O)c2c(C)cc(C)cc2C)S(=O)(=O)c2c(C)cc(C)cc2C)S(=O)(=O)c2c(C)cc(C)cc2C)c(C)c1. The Balaban J connectivity index is 1.55. The van der Waals surface area contributed by atoms with E-state index in [-0.39, 0.29) is 71.7 Å². The fourth-order valence-electron chi connectivity index (χ4n) is 8.94. The monoisotopic (exact) mass is 930 g/mol. The van der Waals surface area contributed by atoms with Gasteiger partial charge in [0.2, 0.25) is 40.1 Å². The predicted octanol–water partition coefficient (Wildman–Crippen LogP) is 7.59. The number of aryl methyl sites for hydroxylation is 12. The molecule has 0 atom stereocenters. The third kappa shape index (κ3) is 12.2. The average Bonchev–Trinajstić information content (AvgIpc) is 3.09. The summed E-state index contributed by atoms with van der Waals surface area (Å²) < 4.78 is 119. The Labute approximate surface area is 372 Å². The normalized spacial score (nSPS) is 12.8. The summed E-state index contributed by atoms with van der Waals surface area (Å²) in [6.45, 7) is 21.8. The third-order valence-electron chi connectivity index (χ3n) is 11.0. The number of unbranched alkanes of at least 4 members (excludes halogenated alkanes) is 1. The number of benzene rings is 4. The molecule has 342 valence electrons. The van der Waals surface area contributed by atoms with Crippen LogP contribution in [0, 0.1) is 83.1 Å². The lowest BCUT2D eigenvalue weighted by Crippen LogP contribution is -2.38. The van der Waals surface area contributed by atoms with Crippen LogP contribution in [0.3, 0.4) is 0 Å². The molecule has 0 radical (unpaired) electrons. The molecule has 0 fully saturated rings. The first-order chi connectivity index (χ1) is 28.7. The zero-order valence-electron chi connectivity index (χ0n) is 38.5. The van der Waals surface area contributed by atoms with Crippen LogP contribution in [0.25, 0.3) is 0 Å². The smallest absolute Gasteiger partial charge is 0.211 e. The van der Waals surface area contributed by atoms with Gasteiger partial charge in [-0.05, 0) is 153 Å². The van der Waals surface area contributed by atoms with Crippen molar-refractivity contribution in [2.45, 2.75) is 128 Å². The summed E-state index contributed by atoms with van der Waals surface area (Å²) in [4.78, 5) is 0.816. The molecule has 0 aliphatic carbocycles. The van der Waals surface area contributed by atoms with Gasteiger partial charge in [-0.15, -0.1) is 0 Å². The molecule has 0 aliphatic heterocycles. The van der Waals surface area contributed by atoms with Crippen LogP contribution >= 0.6 is 0 Å². The van der Waals surface area contributed by atoms with Crippen LogP contribution in [0.4, 0.5) is 0 Å². The number of rotatable bonds is 21. The number of nitrogens with zero attached hydrogens (tertiary/aromatic N) is 2. The molecule has 0 amide bonds. The third-order valence-corrected chi connectivity index (χ3v) is 18.9. The zero-order chi connectivity index (χ0) is 46.5. The van der Waals surface area contributed by atoms with Crippen molar-refractivity contribution in [1.29, 1.82) is 0 Å². The van der Waals surface area contributed by atoms with E-state index in [1.165, 1.54) is 8.61 Å². The fourth-order valence-corrected chi connectivity index (χ4v) is 15.8. The molecule has 0 unspecified atom stereocenters. The highest BCUT2D eigenvalue weighted by Gasteiger charge is 2.31. The van der Waals surface area contributed by atoms with Gasteiger partial charge >= 0.3 is 0 Å². The van der Waals surface area contributed by atoms with Crippen molar-refractivity contribution in [2.24, 2.45) is 0 Å². The Morgan fingerprint density at radius 3 is 0.790 bits per heavy atom. The molecule has 4 aromatic carbocycles. The van der Waals surface area contributed by atoms with Crippen molar-refractivity contribution >= 4 is 40.1 Å². The Morgan fingerprint density at radius 2 is 0.548 bits per heavy atom. The fraction of sp³-hybridized carbons (Fsp3) is 0.478. The Hall–Kier alpha value is -3.48. The van der Waals surface area contributed by atoms with E-state index in [9.17, 15) is 33.7 Å². The van der Waals surface area contributed by atoms with Gasteiger partial charge in [0.05, 0.1) is 19.6 Å². The van der Waals surface area contributed by atoms with E-state index >= 15 is 0 Å². The quantitative estimate of drug-likeness (QED) is 0.0807. The molecule has 2 N–H and O–H groups in total. The first-order valence-electron chi connectivity index (χ1n) is 21.0. The second-order valence-corrected chi connectivity index (χ2v) is 24.1. The number of hydrogen-bond acceptors (Lipinski definition) is 8. The van der Waals surface area contributed by atoms with E-state index in [0.717, 1.165) is 22.3 Å². The minimum Gasteiger partial charge on any atom is -0.211 e. The number of hydrogen-bond donors (Lipinski definition) is 2. The van der Waals surface area contributed by atoms with Crippen LogP contribution in [0.5, 0.6) is 0 Å². The molecule has 12 nitrogen and oxygen atoms in total. The molecule has 16 heteroatoms. The van der Waals surface area contributed by atoms with Crippen LogP contribution in [-0.2, 0) is 40.1 Å². The largest absolute Gasteiger partial charge is 0.243 e. The predicted molar refractivity (Wildman–Crippen MR) is 249 cm³/mol. The average molecular weight is 931 g/mol. The van der Waals surface area contributed by atoms with E-state index in [1.54, 1.807) is 55.4 Å². The Bertz CT molecular complexity index is 2470. The molecule has 4 aromatic rings. The lowest BCUT2D eigenvalue weighted by molar-refractivity contribution is 0.362. The second-order valence-electron chi connectivity index (χ2n) is 16.9. The van der Waals surface area contributed by atoms with Gasteiger partial charge in [0.25, 0.3) is 0 Å². The minimum absolute atomic E-state index is 0.00104. The summed E-state index contributed by atoms with van der Waals surface area (Å²) in [6, 6.07) is 14.5. The van der Waals surface area contributed by atoms with Crippen molar-refractivity contribution in [3.8, 4) is 0 Å². The second kappa shape index (κ2) is 20.6. The van der Waals surface area contributed by atoms with Crippen LogP contribution < -0.4 is 9.44 Å². The lowest BCUT2D eigenvalue weighted by Gasteiger charge is -2.27. The first-order valence-corrected chi connectivity index (χ1v) is 26.9. The summed E-state index contributed by atoms with van der Waals surface area (Å²) in [5, 5.41) is 0. The molecule has 0 saturated heterocycles. The van der Waals surface area contributed by atoms with Gasteiger partial charge in [-0.3, -0.25) is 0 Å². The summed E-state index contributed by atoms with van der Waals surface area (Å²) in [7, 11) is -15.9. The van der Waals surface area contributed by atoms with Gasteiger partial charge < -0.3 is 0 Å². The van der Waals surface area contributed by atoms with Gasteiger partial charge in [0.1, 0.15) is 0 Å². The van der Waals surface area contributed by atoms with Crippen molar-refractivity contribution in [3.05, 3.63) is 115 Å². The number of nitrogens with one attached hydrogen (secondary N) is 2. The molecule has 4 rings (SSSR count). The van der Waals surface area contributed by atoms with Gasteiger partial charge in [0.15, 0.2) is 0 Å². The molecule has 0 aliphatic rings. The van der Waals surface area contributed by atoms with Gasteiger partial charge in [0, 0.05) is 39.3 Å². The van der Waals surface area contributed by atoms with Crippen molar-refractivity contribution in [1.82, 2.24) is 18.1 Å². The molecule has 0 saturated carbocycles. The molecule has 0 bridgehead atoms. The molecule has 62 heavy (non-hydrogen) atoms. The van der Waals surface area contributed by atoms with Crippen LogP contribution in [-0.4, -0.2) is 81.6 Å². The summed E-state index contributed by atoms with van der Waals surface area (Å²) in [5.74, 6) is 0. The van der Waals surface area contributed by atoms with E-state index in [0.29, 0.717) is 57.3 Å². The van der Waals surface area contributed by atoms with Crippen LogP contribution in [0.2, 0.25) is 0 Å². The summed E-state index contributed by atoms with van der Waals surface area (Å²) in [5.41, 5.74) is 8.66. The molecule has 0 spiro atoms. The maximum absolute atomic E-state index is 14.4. The summed E-state index contributed by atoms with van der Waals surface area (Å²) >= 11 is 0. The van der Waals surface area contributed by atoms with E-state index in [1.807, 2.05) is 76.2 Å². The van der Waals surface area contributed by atoms with Crippen molar-refractivity contribution in [2.75, 3.05) is 39.3 Å².